The smallest absolute Gasteiger partial charge is 0.243 e. The van der Waals surface area contributed by atoms with E-state index in [1.165, 1.54) is 6.33 Å². The molecule has 8 nitrogen and oxygen atoms in total. The minimum Gasteiger partial charge on any atom is -0.497 e. The van der Waals surface area contributed by atoms with Gasteiger partial charge in [-0.25, -0.2) is 15.0 Å². The van der Waals surface area contributed by atoms with Gasteiger partial charge in [-0.2, -0.15) is 0 Å². The lowest BCUT2D eigenvalue weighted by atomic mass is 10.2. The Bertz CT molecular complexity index is 907. The third-order valence-electron chi connectivity index (χ3n) is 4.66. The maximum atomic E-state index is 12.8. The molecule has 1 aromatic carbocycles. The molecule has 1 fully saturated rings. The average molecular weight is 352 g/mol. The van der Waals surface area contributed by atoms with Gasteiger partial charge in [0.2, 0.25) is 5.91 Å². The van der Waals surface area contributed by atoms with Crippen molar-refractivity contribution in [2.75, 3.05) is 18.6 Å². The number of nitrogens with one attached hydrogen (secondary N) is 2. The average Bonchev–Trinajstić information content (AvgIpc) is 3.35. The maximum absolute atomic E-state index is 12.8. The number of anilines is 1. The van der Waals surface area contributed by atoms with E-state index in [-0.39, 0.29) is 11.9 Å². The van der Waals surface area contributed by atoms with Gasteiger partial charge in [0.1, 0.15) is 23.6 Å². The highest BCUT2D eigenvalue weighted by Crippen LogP contribution is 2.28. The first-order valence-corrected chi connectivity index (χ1v) is 8.57. The molecule has 2 N–H and O–H groups in total. The summed E-state index contributed by atoms with van der Waals surface area (Å²) in [6, 6.07) is 7.43. The highest BCUT2D eigenvalue weighted by Gasteiger charge is 2.32. The SMILES string of the molecule is COc1ccc(CNC(=O)[C@@H]2CCCN2c2ncnc3nc[nH]c23)cc1. The van der Waals surface area contributed by atoms with E-state index in [4.69, 9.17) is 4.74 Å². The third-order valence-corrected chi connectivity index (χ3v) is 4.66. The minimum absolute atomic E-state index is 0.00426. The van der Waals surface area contributed by atoms with E-state index in [9.17, 15) is 4.79 Å². The number of nitrogens with zero attached hydrogens (tertiary/aromatic N) is 4. The Hall–Kier alpha value is -3.16. The summed E-state index contributed by atoms with van der Waals surface area (Å²) in [4.78, 5) is 30.5. The van der Waals surface area contributed by atoms with Gasteiger partial charge in [-0.3, -0.25) is 4.79 Å². The third kappa shape index (κ3) is 3.05. The first-order valence-electron chi connectivity index (χ1n) is 8.57. The Balaban J connectivity index is 1.47. The fourth-order valence-electron chi connectivity index (χ4n) is 3.31. The first kappa shape index (κ1) is 16.3. The summed E-state index contributed by atoms with van der Waals surface area (Å²) in [6.45, 7) is 1.27. The summed E-state index contributed by atoms with van der Waals surface area (Å²) in [5.74, 6) is 1.54. The topological polar surface area (TPSA) is 96.0 Å². The number of carbonyl (C=O) groups is 1. The first-order chi connectivity index (χ1) is 12.8. The van der Waals surface area contributed by atoms with Crippen LogP contribution >= 0.6 is 0 Å². The van der Waals surface area contributed by atoms with Gasteiger partial charge < -0.3 is 19.9 Å². The molecule has 0 spiro atoms. The molecule has 134 valence electrons. The van der Waals surface area contributed by atoms with Gasteiger partial charge in [-0.1, -0.05) is 12.1 Å². The molecule has 0 aliphatic carbocycles. The van der Waals surface area contributed by atoms with E-state index >= 15 is 0 Å². The number of methoxy groups -OCH3 is 1. The molecule has 1 aliphatic heterocycles. The number of H-pyrrole nitrogens is 1. The highest BCUT2D eigenvalue weighted by atomic mass is 16.5. The van der Waals surface area contributed by atoms with E-state index in [1.54, 1.807) is 13.4 Å². The van der Waals surface area contributed by atoms with Crippen LogP contribution in [0, 0.1) is 0 Å². The Morgan fingerprint density at radius 2 is 2.15 bits per heavy atom. The summed E-state index contributed by atoms with van der Waals surface area (Å²) >= 11 is 0. The Labute approximate surface area is 150 Å². The molecule has 2 aromatic heterocycles. The van der Waals surface area contributed by atoms with E-state index in [0.29, 0.717) is 12.2 Å². The number of hydrogen-bond donors (Lipinski definition) is 2. The molecule has 1 amide bonds. The molecule has 1 saturated heterocycles. The number of hydrogen-bond acceptors (Lipinski definition) is 6. The van der Waals surface area contributed by atoms with Crippen molar-refractivity contribution in [3.05, 3.63) is 42.5 Å². The van der Waals surface area contributed by atoms with E-state index in [2.05, 4.69) is 25.3 Å². The number of aromatic amines is 1. The summed E-state index contributed by atoms with van der Waals surface area (Å²) in [7, 11) is 1.63. The van der Waals surface area contributed by atoms with Crippen LogP contribution in [0.2, 0.25) is 0 Å². The molecule has 4 rings (SSSR count). The quantitative estimate of drug-likeness (QED) is 0.725. The van der Waals surface area contributed by atoms with Crippen LogP contribution in [-0.2, 0) is 11.3 Å². The molecular formula is C18H20N6O2. The van der Waals surface area contributed by atoms with Gasteiger partial charge in [0, 0.05) is 13.1 Å². The highest BCUT2D eigenvalue weighted by molar-refractivity contribution is 5.90. The van der Waals surface area contributed by atoms with E-state index < -0.39 is 0 Å². The molecular weight excluding hydrogens is 332 g/mol. The lowest BCUT2D eigenvalue weighted by molar-refractivity contribution is -0.122. The van der Waals surface area contributed by atoms with Crippen molar-refractivity contribution in [1.29, 1.82) is 0 Å². The summed E-state index contributed by atoms with van der Waals surface area (Å²) in [6.07, 6.45) is 4.83. The maximum Gasteiger partial charge on any atom is 0.243 e. The number of ether oxygens (including phenoxy) is 1. The zero-order chi connectivity index (χ0) is 17.9. The fourth-order valence-corrected chi connectivity index (χ4v) is 3.31. The second kappa shape index (κ2) is 6.99. The minimum atomic E-state index is -0.241. The van der Waals surface area contributed by atoms with Crippen molar-refractivity contribution in [2.45, 2.75) is 25.4 Å². The van der Waals surface area contributed by atoms with Crippen molar-refractivity contribution in [2.24, 2.45) is 0 Å². The fraction of sp³-hybridized carbons (Fsp3) is 0.333. The zero-order valence-corrected chi connectivity index (χ0v) is 14.5. The summed E-state index contributed by atoms with van der Waals surface area (Å²) < 4.78 is 5.15. The number of amides is 1. The molecule has 1 aliphatic rings. The van der Waals surface area contributed by atoms with Gasteiger partial charge in [0.15, 0.2) is 11.5 Å². The van der Waals surface area contributed by atoms with Crippen LogP contribution in [0.5, 0.6) is 5.75 Å². The van der Waals surface area contributed by atoms with Crippen LogP contribution in [0.25, 0.3) is 11.2 Å². The van der Waals surface area contributed by atoms with Crippen LogP contribution in [0.15, 0.2) is 36.9 Å². The van der Waals surface area contributed by atoms with Crippen molar-refractivity contribution in [1.82, 2.24) is 25.3 Å². The van der Waals surface area contributed by atoms with Gasteiger partial charge in [-0.15, -0.1) is 0 Å². The van der Waals surface area contributed by atoms with Crippen molar-refractivity contribution < 1.29 is 9.53 Å². The predicted molar refractivity (Wildman–Crippen MR) is 96.9 cm³/mol. The molecule has 0 radical (unpaired) electrons. The Kier molecular flexibility index (Phi) is 4.39. The van der Waals surface area contributed by atoms with Gasteiger partial charge in [-0.05, 0) is 30.5 Å². The molecule has 0 saturated carbocycles. The normalized spacial score (nSPS) is 16.8. The molecule has 8 heteroatoms. The number of benzene rings is 1. The number of aromatic nitrogens is 4. The van der Waals surface area contributed by atoms with Crippen LogP contribution in [0.1, 0.15) is 18.4 Å². The molecule has 3 heterocycles. The summed E-state index contributed by atoms with van der Waals surface area (Å²) in [5, 5.41) is 3.03. The van der Waals surface area contributed by atoms with Crippen LogP contribution in [0.4, 0.5) is 5.82 Å². The lowest BCUT2D eigenvalue weighted by Gasteiger charge is -2.25. The van der Waals surface area contributed by atoms with Crippen molar-refractivity contribution in [3.63, 3.8) is 0 Å². The molecule has 3 aromatic rings. The van der Waals surface area contributed by atoms with E-state index in [0.717, 1.165) is 42.0 Å². The molecule has 26 heavy (non-hydrogen) atoms. The number of rotatable bonds is 5. The van der Waals surface area contributed by atoms with Gasteiger partial charge in [0.25, 0.3) is 0 Å². The second-order valence-corrected chi connectivity index (χ2v) is 6.22. The Morgan fingerprint density at radius 3 is 2.96 bits per heavy atom. The monoisotopic (exact) mass is 352 g/mol. The largest absolute Gasteiger partial charge is 0.497 e. The molecule has 0 unspecified atom stereocenters. The molecule has 0 bridgehead atoms. The van der Waals surface area contributed by atoms with Crippen molar-refractivity contribution in [3.8, 4) is 5.75 Å². The van der Waals surface area contributed by atoms with Crippen LogP contribution < -0.4 is 15.0 Å². The zero-order valence-electron chi connectivity index (χ0n) is 14.5. The van der Waals surface area contributed by atoms with Crippen molar-refractivity contribution >= 4 is 22.9 Å². The van der Waals surface area contributed by atoms with Gasteiger partial charge in [0.05, 0.1) is 13.4 Å². The number of fused-ring (bicyclic) bond motifs is 1. The predicted octanol–water partition coefficient (Wildman–Crippen LogP) is 1.65. The number of carbonyl (C=O) groups excluding carboxylic acids is 1. The van der Waals surface area contributed by atoms with Crippen LogP contribution in [-0.4, -0.2) is 45.5 Å². The number of imidazole rings is 1. The molecule has 1 atom stereocenters. The second-order valence-electron chi connectivity index (χ2n) is 6.22. The Morgan fingerprint density at radius 1 is 1.31 bits per heavy atom. The summed E-state index contributed by atoms with van der Waals surface area (Å²) in [5.41, 5.74) is 2.41. The van der Waals surface area contributed by atoms with Crippen LogP contribution in [0.3, 0.4) is 0 Å². The van der Waals surface area contributed by atoms with E-state index in [1.807, 2.05) is 29.2 Å². The van der Waals surface area contributed by atoms with Gasteiger partial charge >= 0.3 is 0 Å². The standard InChI is InChI=1S/C18H20N6O2/c1-26-13-6-4-12(5-7-13)9-19-18(25)14-3-2-8-24(14)17-15-16(21-10-20-15)22-11-23-17/h4-7,10-11,14H,2-3,8-9H2,1H3,(H,19,25)(H,20,21,22,23)/t14-/m0/s1. The lowest BCUT2D eigenvalue weighted by Crippen LogP contribution is -2.43.